The Morgan fingerprint density at radius 3 is 2.46 bits per heavy atom. The highest BCUT2D eigenvalue weighted by atomic mass is 16.5. The number of carboxylic acids is 1. The smallest absolute Gasteiger partial charge is 0.344 e. The van der Waals surface area contributed by atoms with Crippen LogP contribution in [-0.4, -0.2) is 22.2 Å². The number of ether oxygens (including phenoxy) is 1. The van der Waals surface area contributed by atoms with Gasteiger partial charge in [-0.05, 0) is 49.7 Å². The van der Waals surface area contributed by atoms with E-state index in [1.54, 1.807) is 12.1 Å². The molecule has 5 heteroatoms. The van der Waals surface area contributed by atoms with E-state index in [0.29, 0.717) is 5.75 Å². The number of carboxylic acid groups (broad SMARTS) is 1. The van der Waals surface area contributed by atoms with Gasteiger partial charge in [-0.1, -0.05) is 36.4 Å². The lowest BCUT2D eigenvalue weighted by atomic mass is 10.0. The summed E-state index contributed by atoms with van der Waals surface area (Å²) in [4.78, 5) is 15.8. The summed E-state index contributed by atoms with van der Waals surface area (Å²) in [5.41, 5.74) is 4.91. The summed E-state index contributed by atoms with van der Waals surface area (Å²) in [5.74, 6) is -0.479. The molecule has 4 rings (SSSR count). The molecule has 1 heterocycles. The maximum absolute atomic E-state index is 10.9. The predicted molar refractivity (Wildman–Crippen MR) is 111 cm³/mol. The number of hydrogen-bond acceptors (Lipinski definition) is 4. The molecule has 2 N–H and O–H groups in total. The van der Waals surface area contributed by atoms with Gasteiger partial charge in [-0.15, -0.1) is 0 Å². The van der Waals surface area contributed by atoms with Crippen molar-refractivity contribution in [2.24, 2.45) is 0 Å². The molecule has 0 aliphatic rings. The van der Waals surface area contributed by atoms with Crippen LogP contribution < -0.4 is 10.1 Å². The number of nitrogens with zero attached hydrogens (tertiary/aromatic N) is 1. The van der Waals surface area contributed by atoms with Crippen molar-refractivity contribution in [3.63, 3.8) is 0 Å². The van der Waals surface area contributed by atoms with Crippen molar-refractivity contribution in [3.05, 3.63) is 72.3 Å². The van der Waals surface area contributed by atoms with Crippen LogP contribution in [0.4, 0.5) is 11.4 Å². The first-order valence-electron chi connectivity index (χ1n) is 9.07. The van der Waals surface area contributed by atoms with E-state index in [1.165, 1.54) is 6.92 Å². The van der Waals surface area contributed by atoms with Gasteiger partial charge in [-0.3, -0.25) is 0 Å². The first kappa shape index (κ1) is 17.8. The fourth-order valence-electron chi connectivity index (χ4n) is 3.21. The summed E-state index contributed by atoms with van der Waals surface area (Å²) >= 11 is 0. The molecule has 1 aromatic heterocycles. The van der Waals surface area contributed by atoms with E-state index in [-0.39, 0.29) is 0 Å². The molecule has 3 aromatic carbocycles. The van der Waals surface area contributed by atoms with Crippen LogP contribution >= 0.6 is 0 Å². The summed E-state index contributed by atoms with van der Waals surface area (Å²) in [7, 11) is 0. The van der Waals surface area contributed by atoms with Gasteiger partial charge in [0.15, 0.2) is 6.10 Å². The van der Waals surface area contributed by atoms with Crippen molar-refractivity contribution >= 4 is 39.1 Å². The number of rotatable bonds is 5. The molecule has 5 nitrogen and oxygen atoms in total. The Labute approximate surface area is 162 Å². The first-order valence-corrected chi connectivity index (χ1v) is 9.07. The van der Waals surface area contributed by atoms with Crippen LogP contribution in [0.3, 0.4) is 0 Å². The molecule has 0 aliphatic heterocycles. The average molecular weight is 372 g/mol. The van der Waals surface area contributed by atoms with Crippen LogP contribution in [0.15, 0.2) is 66.7 Å². The van der Waals surface area contributed by atoms with Crippen molar-refractivity contribution < 1.29 is 14.6 Å². The fourth-order valence-corrected chi connectivity index (χ4v) is 3.21. The van der Waals surface area contributed by atoms with Crippen LogP contribution in [0.1, 0.15) is 12.5 Å². The monoisotopic (exact) mass is 372 g/mol. The lowest BCUT2D eigenvalue weighted by Gasteiger charge is -2.15. The summed E-state index contributed by atoms with van der Waals surface area (Å²) < 4.78 is 5.40. The molecule has 140 valence electrons. The molecule has 0 saturated heterocycles. The van der Waals surface area contributed by atoms with E-state index >= 15 is 0 Å². The molecular weight excluding hydrogens is 352 g/mol. The number of hydrogen-bond donors (Lipinski definition) is 2. The van der Waals surface area contributed by atoms with Crippen LogP contribution in [0.2, 0.25) is 0 Å². The minimum Gasteiger partial charge on any atom is -0.479 e. The third-order valence-corrected chi connectivity index (χ3v) is 4.70. The van der Waals surface area contributed by atoms with Crippen molar-refractivity contribution in [3.8, 4) is 5.75 Å². The number of aliphatic carboxylic acids is 1. The second kappa shape index (κ2) is 7.19. The molecule has 0 amide bonds. The Morgan fingerprint density at radius 1 is 1.00 bits per heavy atom. The van der Waals surface area contributed by atoms with Gasteiger partial charge in [0.25, 0.3) is 0 Å². The van der Waals surface area contributed by atoms with E-state index in [9.17, 15) is 4.79 Å². The van der Waals surface area contributed by atoms with E-state index in [4.69, 9.17) is 14.8 Å². The zero-order valence-corrected chi connectivity index (χ0v) is 15.6. The first-order chi connectivity index (χ1) is 13.5. The highest BCUT2D eigenvalue weighted by Crippen LogP contribution is 2.34. The number of para-hydroxylation sites is 2. The number of carbonyl (C=O) groups is 1. The zero-order chi connectivity index (χ0) is 19.7. The normalized spacial score (nSPS) is 12.1. The van der Waals surface area contributed by atoms with Gasteiger partial charge in [0.05, 0.1) is 16.7 Å². The number of aromatic nitrogens is 1. The minimum atomic E-state index is -0.993. The van der Waals surface area contributed by atoms with Crippen molar-refractivity contribution in [1.82, 2.24) is 4.98 Å². The van der Waals surface area contributed by atoms with E-state index in [1.807, 2.05) is 36.4 Å². The van der Waals surface area contributed by atoms with Gasteiger partial charge in [-0.2, -0.15) is 0 Å². The molecule has 1 atom stereocenters. The number of nitrogens with one attached hydrogen (secondary N) is 1. The van der Waals surface area contributed by atoms with Gasteiger partial charge < -0.3 is 15.2 Å². The number of pyridine rings is 1. The number of aryl methyl sites for hydroxylation is 1. The van der Waals surface area contributed by atoms with Gasteiger partial charge in [0, 0.05) is 16.5 Å². The van der Waals surface area contributed by atoms with Gasteiger partial charge in [-0.25, -0.2) is 9.78 Å². The number of fused-ring (bicyclic) bond motifs is 2. The second-order valence-electron chi connectivity index (χ2n) is 6.72. The van der Waals surface area contributed by atoms with E-state index in [0.717, 1.165) is 38.7 Å². The highest BCUT2D eigenvalue weighted by molar-refractivity contribution is 6.09. The quantitative estimate of drug-likeness (QED) is 0.466. The second-order valence-corrected chi connectivity index (χ2v) is 6.72. The number of anilines is 2. The number of benzene rings is 3. The van der Waals surface area contributed by atoms with Crippen molar-refractivity contribution in [1.29, 1.82) is 0 Å². The molecule has 0 radical (unpaired) electrons. The molecule has 0 bridgehead atoms. The zero-order valence-electron chi connectivity index (χ0n) is 15.6. The summed E-state index contributed by atoms with van der Waals surface area (Å²) in [6.45, 7) is 3.57. The Kier molecular flexibility index (Phi) is 4.57. The Bertz CT molecular complexity index is 1170. The summed E-state index contributed by atoms with van der Waals surface area (Å²) in [6, 6.07) is 21.5. The lowest BCUT2D eigenvalue weighted by molar-refractivity contribution is -0.144. The Balaban J connectivity index is 1.74. The molecule has 4 aromatic rings. The van der Waals surface area contributed by atoms with E-state index < -0.39 is 12.1 Å². The molecule has 0 fully saturated rings. The van der Waals surface area contributed by atoms with Crippen LogP contribution in [0.25, 0.3) is 21.8 Å². The predicted octanol–water partition coefficient (Wildman–Crippen LogP) is 5.29. The third-order valence-electron chi connectivity index (χ3n) is 4.70. The maximum Gasteiger partial charge on any atom is 0.344 e. The SMILES string of the molecule is Cc1cccc2c(Nc3ccc(OC(C)C(=O)O)cc3)c3ccccc3nc12. The van der Waals surface area contributed by atoms with E-state index in [2.05, 4.69) is 30.4 Å². The van der Waals surface area contributed by atoms with Crippen LogP contribution in [-0.2, 0) is 4.79 Å². The molecular formula is C23H20N2O3. The summed E-state index contributed by atoms with van der Waals surface area (Å²) in [6.07, 6.45) is -0.894. The molecule has 0 saturated carbocycles. The molecule has 0 aliphatic carbocycles. The van der Waals surface area contributed by atoms with Gasteiger partial charge in [0.2, 0.25) is 0 Å². The summed E-state index contributed by atoms with van der Waals surface area (Å²) in [5, 5.41) is 14.6. The van der Waals surface area contributed by atoms with Crippen LogP contribution in [0.5, 0.6) is 5.75 Å². The average Bonchev–Trinajstić information content (AvgIpc) is 2.70. The highest BCUT2D eigenvalue weighted by Gasteiger charge is 2.13. The molecule has 28 heavy (non-hydrogen) atoms. The maximum atomic E-state index is 10.9. The van der Waals surface area contributed by atoms with Crippen molar-refractivity contribution in [2.45, 2.75) is 20.0 Å². The largest absolute Gasteiger partial charge is 0.479 e. The lowest BCUT2D eigenvalue weighted by Crippen LogP contribution is -2.22. The standard InChI is InChI=1S/C23H20N2O3/c1-14-6-5-8-19-21(14)25-20-9-4-3-7-18(20)22(19)24-16-10-12-17(13-11-16)28-15(2)23(26)27/h3-13,15H,1-2H3,(H,24,25)(H,26,27). The van der Waals surface area contributed by atoms with Gasteiger partial charge >= 0.3 is 5.97 Å². The fraction of sp³-hybridized carbons (Fsp3) is 0.130. The minimum absolute atomic E-state index is 0.515. The Morgan fingerprint density at radius 2 is 1.71 bits per heavy atom. The third kappa shape index (κ3) is 3.34. The Hall–Kier alpha value is -3.60. The van der Waals surface area contributed by atoms with Gasteiger partial charge in [0.1, 0.15) is 5.75 Å². The molecule has 0 spiro atoms. The topological polar surface area (TPSA) is 71.5 Å². The van der Waals surface area contributed by atoms with Crippen LogP contribution in [0, 0.1) is 6.92 Å². The molecule has 1 unspecified atom stereocenters. The van der Waals surface area contributed by atoms with Crippen molar-refractivity contribution in [2.75, 3.05) is 5.32 Å².